The van der Waals surface area contributed by atoms with Crippen LogP contribution in [0.4, 0.5) is 0 Å². The molecule has 0 radical (unpaired) electrons. The van der Waals surface area contributed by atoms with Crippen LogP contribution in [0.1, 0.15) is 42.6 Å². The fourth-order valence-corrected chi connectivity index (χ4v) is 4.16. The first-order valence-electron chi connectivity index (χ1n) is 10.3. The van der Waals surface area contributed by atoms with Crippen LogP contribution in [-0.4, -0.2) is 40.5 Å². The van der Waals surface area contributed by atoms with E-state index in [1.165, 1.54) is 5.56 Å². The number of likely N-dealkylation sites (tertiary alicyclic amines) is 1. The minimum Gasteiger partial charge on any atom is -0.349 e. The van der Waals surface area contributed by atoms with Crippen LogP contribution < -0.4 is 5.32 Å². The number of carbonyl (C=O) groups excluding carboxylic acids is 1. The van der Waals surface area contributed by atoms with Gasteiger partial charge in [-0.15, -0.1) is 0 Å². The molecule has 0 bridgehead atoms. The van der Waals surface area contributed by atoms with Crippen molar-refractivity contribution >= 4 is 16.8 Å². The number of fused-ring (bicyclic) bond motifs is 1. The third kappa shape index (κ3) is 3.97. The molecular formula is C24H29N3O. The number of benzene rings is 2. The molecule has 2 heterocycles. The molecule has 1 saturated heterocycles. The van der Waals surface area contributed by atoms with Gasteiger partial charge in [-0.05, 0) is 38.3 Å². The number of hydrogen-bond donors (Lipinski definition) is 1. The molecule has 2 aromatic carbocycles. The first kappa shape index (κ1) is 18.8. The van der Waals surface area contributed by atoms with E-state index in [-0.39, 0.29) is 11.9 Å². The maximum absolute atomic E-state index is 13.1. The van der Waals surface area contributed by atoms with E-state index in [1.54, 1.807) is 0 Å². The molecule has 146 valence electrons. The molecule has 0 saturated carbocycles. The van der Waals surface area contributed by atoms with Crippen LogP contribution in [0.5, 0.6) is 0 Å². The van der Waals surface area contributed by atoms with Gasteiger partial charge in [0.25, 0.3) is 5.91 Å². The largest absolute Gasteiger partial charge is 0.349 e. The molecule has 1 fully saturated rings. The van der Waals surface area contributed by atoms with Crippen molar-refractivity contribution < 1.29 is 4.79 Å². The molecule has 1 aromatic heterocycles. The lowest BCUT2D eigenvalue weighted by Crippen LogP contribution is -2.46. The Morgan fingerprint density at radius 1 is 1.04 bits per heavy atom. The van der Waals surface area contributed by atoms with Gasteiger partial charge in [0.2, 0.25) is 0 Å². The minimum atomic E-state index is 0.0472. The van der Waals surface area contributed by atoms with E-state index >= 15 is 0 Å². The van der Waals surface area contributed by atoms with Crippen molar-refractivity contribution in [1.82, 2.24) is 14.8 Å². The maximum atomic E-state index is 13.1. The highest BCUT2D eigenvalue weighted by Gasteiger charge is 2.23. The summed E-state index contributed by atoms with van der Waals surface area (Å²) in [4.78, 5) is 15.6. The zero-order valence-electron chi connectivity index (χ0n) is 16.8. The molecule has 1 amide bonds. The number of amides is 1. The van der Waals surface area contributed by atoms with Crippen molar-refractivity contribution in [2.75, 3.05) is 13.1 Å². The van der Waals surface area contributed by atoms with Gasteiger partial charge < -0.3 is 14.8 Å². The molecule has 4 rings (SSSR count). The van der Waals surface area contributed by atoms with E-state index < -0.39 is 0 Å². The summed E-state index contributed by atoms with van der Waals surface area (Å²) >= 11 is 0. The summed E-state index contributed by atoms with van der Waals surface area (Å²) in [7, 11) is 0. The number of piperidine rings is 1. The van der Waals surface area contributed by atoms with Crippen LogP contribution in [0.25, 0.3) is 10.9 Å². The lowest BCUT2D eigenvalue weighted by atomic mass is 10.0. The summed E-state index contributed by atoms with van der Waals surface area (Å²) in [5.74, 6) is 0.0472. The van der Waals surface area contributed by atoms with Crippen molar-refractivity contribution in [1.29, 1.82) is 0 Å². The standard InChI is InChI=1S/C24H29N3O/c1-18(2)26-14-12-20(13-15-26)25-24(28)22-17-27(16-19-8-4-3-5-9-19)23-11-7-6-10-21(22)23/h3-11,17-18,20H,12-16H2,1-2H3,(H,25,28). The Bertz CT molecular complexity index is 937. The van der Waals surface area contributed by atoms with Crippen molar-refractivity contribution in [2.45, 2.75) is 45.3 Å². The molecule has 4 nitrogen and oxygen atoms in total. The number of rotatable bonds is 5. The van der Waals surface area contributed by atoms with Gasteiger partial charge in [0.15, 0.2) is 0 Å². The van der Waals surface area contributed by atoms with E-state index in [4.69, 9.17) is 0 Å². The Labute approximate surface area is 167 Å². The fourth-order valence-electron chi connectivity index (χ4n) is 4.16. The van der Waals surface area contributed by atoms with Gasteiger partial charge in [-0.1, -0.05) is 48.5 Å². The summed E-state index contributed by atoms with van der Waals surface area (Å²) in [5, 5.41) is 4.31. The fraction of sp³-hybridized carbons (Fsp3) is 0.375. The Morgan fingerprint density at radius 2 is 1.71 bits per heavy atom. The van der Waals surface area contributed by atoms with Crippen LogP contribution in [-0.2, 0) is 6.54 Å². The lowest BCUT2D eigenvalue weighted by Gasteiger charge is -2.34. The smallest absolute Gasteiger partial charge is 0.253 e. The average Bonchev–Trinajstić information content (AvgIpc) is 3.08. The van der Waals surface area contributed by atoms with Gasteiger partial charge in [0.05, 0.1) is 5.56 Å². The number of para-hydroxylation sites is 1. The van der Waals surface area contributed by atoms with E-state index in [0.717, 1.165) is 48.9 Å². The average molecular weight is 376 g/mol. The molecule has 4 heteroatoms. The van der Waals surface area contributed by atoms with Gasteiger partial charge in [-0.25, -0.2) is 0 Å². The number of carbonyl (C=O) groups is 1. The normalized spacial score (nSPS) is 16.0. The zero-order chi connectivity index (χ0) is 19.5. The summed E-state index contributed by atoms with van der Waals surface area (Å²) in [6, 6.07) is 19.4. The van der Waals surface area contributed by atoms with Crippen LogP contribution >= 0.6 is 0 Å². The minimum absolute atomic E-state index is 0.0472. The Morgan fingerprint density at radius 3 is 2.43 bits per heavy atom. The van der Waals surface area contributed by atoms with E-state index in [1.807, 2.05) is 30.5 Å². The third-order valence-electron chi connectivity index (χ3n) is 5.82. The molecule has 0 unspecified atom stereocenters. The highest BCUT2D eigenvalue weighted by atomic mass is 16.1. The van der Waals surface area contributed by atoms with Gasteiger partial charge in [0, 0.05) is 48.8 Å². The molecule has 1 aliphatic heterocycles. The van der Waals surface area contributed by atoms with Gasteiger partial charge in [-0.3, -0.25) is 4.79 Å². The zero-order valence-corrected chi connectivity index (χ0v) is 16.8. The summed E-state index contributed by atoms with van der Waals surface area (Å²) < 4.78 is 2.18. The van der Waals surface area contributed by atoms with Crippen molar-refractivity contribution in [3.8, 4) is 0 Å². The molecule has 0 spiro atoms. The predicted octanol–water partition coefficient (Wildman–Crippen LogP) is 4.29. The molecule has 0 aliphatic carbocycles. The Hall–Kier alpha value is -2.59. The van der Waals surface area contributed by atoms with Crippen LogP contribution in [0.15, 0.2) is 60.8 Å². The molecule has 28 heavy (non-hydrogen) atoms. The van der Waals surface area contributed by atoms with Crippen molar-refractivity contribution in [2.24, 2.45) is 0 Å². The monoisotopic (exact) mass is 375 g/mol. The van der Waals surface area contributed by atoms with E-state index in [9.17, 15) is 4.79 Å². The van der Waals surface area contributed by atoms with Gasteiger partial charge >= 0.3 is 0 Å². The molecule has 3 aromatic rings. The SMILES string of the molecule is CC(C)N1CCC(NC(=O)c2cn(Cc3ccccc3)c3ccccc23)CC1. The third-order valence-corrected chi connectivity index (χ3v) is 5.82. The van der Waals surface area contributed by atoms with E-state index in [0.29, 0.717) is 6.04 Å². The molecule has 1 N–H and O–H groups in total. The number of aromatic nitrogens is 1. The van der Waals surface area contributed by atoms with Crippen LogP contribution in [0, 0.1) is 0 Å². The second-order valence-corrected chi connectivity index (χ2v) is 8.05. The number of nitrogens with zero attached hydrogens (tertiary/aromatic N) is 2. The topological polar surface area (TPSA) is 37.3 Å². The quantitative estimate of drug-likeness (QED) is 0.722. The lowest BCUT2D eigenvalue weighted by molar-refractivity contribution is 0.0902. The maximum Gasteiger partial charge on any atom is 0.253 e. The first-order valence-corrected chi connectivity index (χ1v) is 10.3. The summed E-state index contributed by atoms with van der Waals surface area (Å²) in [6.45, 7) is 7.35. The van der Waals surface area contributed by atoms with Crippen molar-refractivity contribution in [3.05, 3.63) is 71.9 Å². The summed E-state index contributed by atoms with van der Waals surface area (Å²) in [5.41, 5.74) is 3.11. The van der Waals surface area contributed by atoms with E-state index in [2.05, 4.69) is 59.0 Å². The van der Waals surface area contributed by atoms with Gasteiger partial charge in [-0.2, -0.15) is 0 Å². The Kier molecular flexibility index (Phi) is 5.49. The molecular weight excluding hydrogens is 346 g/mol. The molecule has 0 atom stereocenters. The van der Waals surface area contributed by atoms with Crippen molar-refractivity contribution in [3.63, 3.8) is 0 Å². The predicted molar refractivity (Wildman–Crippen MR) is 115 cm³/mol. The number of nitrogens with one attached hydrogen (secondary N) is 1. The summed E-state index contributed by atoms with van der Waals surface area (Å²) in [6.07, 6.45) is 4.05. The van der Waals surface area contributed by atoms with Crippen LogP contribution in [0.3, 0.4) is 0 Å². The highest BCUT2D eigenvalue weighted by Crippen LogP contribution is 2.23. The second-order valence-electron chi connectivity index (χ2n) is 8.05. The highest BCUT2D eigenvalue weighted by molar-refractivity contribution is 6.07. The van der Waals surface area contributed by atoms with Gasteiger partial charge in [0.1, 0.15) is 0 Å². The second kappa shape index (κ2) is 8.19. The molecule has 1 aliphatic rings. The van der Waals surface area contributed by atoms with Crippen LogP contribution in [0.2, 0.25) is 0 Å². The Balaban J connectivity index is 1.53. The first-order chi connectivity index (χ1) is 13.6. The number of hydrogen-bond acceptors (Lipinski definition) is 2.